The second-order valence-corrected chi connectivity index (χ2v) is 3.98. The Morgan fingerprint density at radius 2 is 2.50 bits per heavy atom. The Morgan fingerprint density at radius 1 is 1.57 bits per heavy atom. The van der Waals surface area contributed by atoms with Gasteiger partial charge in [-0.3, -0.25) is 5.10 Å². The molecule has 0 bridgehead atoms. The number of thiazole rings is 1. The largest absolute Gasteiger partial charge is 0.302 e. The summed E-state index contributed by atoms with van der Waals surface area (Å²) in [4.78, 5) is 4.25. The summed E-state index contributed by atoms with van der Waals surface area (Å²) in [6.07, 6.45) is 3.58. The molecule has 2 aromatic heterocycles. The highest BCUT2D eigenvalue weighted by molar-refractivity contribution is 7.09. The monoisotopic (exact) mass is 208 g/mol. The van der Waals surface area contributed by atoms with Crippen LogP contribution in [0.2, 0.25) is 0 Å². The molecule has 0 aliphatic rings. The molecule has 2 N–H and O–H groups in total. The van der Waals surface area contributed by atoms with Crippen LogP contribution in [0.25, 0.3) is 0 Å². The van der Waals surface area contributed by atoms with Crippen LogP contribution in [0, 0.1) is 0 Å². The molecule has 0 aromatic carbocycles. The van der Waals surface area contributed by atoms with Crippen molar-refractivity contribution in [2.45, 2.75) is 19.5 Å². The van der Waals surface area contributed by atoms with E-state index in [9.17, 15) is 0 Å². The highest BCUT2D eigenvalue weighted by atomic mass is 32.1. The first-order valence-electron chi connectivity index (χ1n) is 4.47. The number of aromatic nitrogens is 3. The zero-order valence-corrected chi connectivity index (χ0v) is 8.71. The van der Waals surface area contributed by atoms with Gasteiger partial charge in [0.2, 0.25) is 0 Å². The summed E-state index contributed by atoms with van der Waals surface area (Å²) < 4.78 is 0. The van der Waals surface area contributed by atoms with Gasteiger partial charge in [0.05, 0.1) is 6.04 Å². The Morgan fingerprint density at radius 3 is 3.14 bits per heavy atom. The average molecular weight is 208 g/mol. The van der Waals surface area contributed by atoms with Crippen molar-refractivity contribution >= 4 is 11.3 Å². The maximum absolute atomic E-state index is 4.25. The van der Waals surface area contributed by atoms with E-state index in [1.54, 1.807) is 17.5 Å². The molecular formula is C9H12N4S. The average Bonchev–Trinajstić information content (AvgIpc) is 2.87. The van der Waals surface area contributed by atoms with Gasteiger partial charge in [0.1, 0.15) is 5.01 Å². The van der Waals surface area contributed by atoms with Crippen molar-refractivity contribution in [2.24, 2.45) is 0 Å². The molecule has 0 aliphatic carbocycles. The smallest absolute Gasteiger partial charge is 0.109 e. The number of nitrogens with one attached hydrogen (secondary N) is 2. The van der Waals surface area contributed by atoms with Crippen LogP contribution in [-0.4, -0.2) is 15.2 Å². The molecule has 0 fully saturated rings. The van der Waals surface area contributed by atoms with Crippen LogP contribution in [0.3, 0.4) is 0 Å². The Balaban J connectivity index is 1.87. The minimum atomic E-state index is 0.290. The summed E-state index contributed by atoms with van der Waals surface area (Å²) in [5.74, 6) is 0. The highest BCUT2D eigenvalue weighted by Crippen LogP contribution is 2.14. The lowest BCUT2D eigenvalue weighted by atomic mass is 10.3. The summed E-state index contributed by atoms with van der Waals surface area (Å²) >= 11 is 1.67. The zero-order valence-electron chi connectivity index (χ0n) is 7.90. The molecule has 1 unspecified atom stereocenters. The standard InChI is InChI=1S/C9H12N4S/c1-7(9-10-4-5-14-9)11-6-8-2-3-12-13-8/h2-5,7,11H,6H2,1H3,(H,12,13). The van der Waals surface area contributed by atoms with Crippen molar-refractivity contribution in [3.8, 4) is 0 Å². The van der Waals surface area contributed by atoms with Crippen LogP contribution >= 0.6 is 11.3 Å². The van der Waals surface area contributed by atoms with Gasteiger partial charge < -0.3 is 5.32 Å². The summed E-state index contributed by atoms with van der Waals surface area (Å²) in [5.41, 5.74) is 1.09. The maximum Gasteiger partial charge on any atom is 0.109 e. The van der Waals surface area contributed by atoms with Crippen molar-refractivity contribution in [1.82, 2.24) is 20.5 Å². The molecule has 0 amide bonds. The molecular weight excluding hydrogens is 196 g/mol. The summed E-state index contributed by atoms with van der Waals surface area (Å²) in [6, 6.07) is 2.25. The number of nitrogens with zero attached hydrogens (tertiary/aromatic N) is 2. The summed E-state index contributed by atoms with van der Waals surface area (Å²) in [5, 5.41) is 13.3. The van der Waals surface area contributed by atoms with Gasteiger partial charge in [0, 0.05) is 30.0 Å². The number of hydrogen-bond donors (Lipinski definition) is 2. The number of aromatic amines is 1. The fourth-order valence-corrected chi connectivity index (χ4v) is 1.85. The van der Waals surface area contributed by atoms with Gasteiger partial charge in [-0.15, -0.1) is 11.3 Å². The van der Waals surface area contributed by atoms with Crippen molar-refractivity contribution in [2.75, 3.05) is 0 Å². The van der Waals surface area contributed by atoms with E-state index in [4.69, 9.17) is 0 Å². The molecule has 5 heteroatoms. The Kier molecular flexibility index (Phi) is 2.90. The van der Waals surface area contributed by atoms with Gasteiger partial charge >= 0.3 is 0 Å². The topological polar surface area (TPSA) is 53.6 Å². The second-order valence-electron chi connectivity index (χ2n) is 3.05. The Bertz CT molecular complexity index is 354. The van der Waals surface area contributed by atoms with Crippen LogP contribution in [0.5, 0.6) is 0 Å². The zero-order chi connectivity index (χ0) is 9.80. The molecule has 0 saturated carbocycles. The molecule has 4 nitrogen and oxygen atoms in total. The van der Waals surface area contributed by atoms with Crippen LogP contribution in [-0.2, 0) is 6.54 Å². The predicted molar refractivity (Wildman–Crippen MR) is 56.0 cm³/mol. The van der Waals surface area contributed by atoms with Crippen LogP contribution in [0.15, 0.2) is 23.8 Å². The van der Waals surface area contributed by atoms with E-state index < -0.39 is 0 Å². The number of hydrogen-bond acceptors (Lipinski definition) is 4. The molecule has 2 rings (SSSR count). The SMILES string of the molecule is CC(NCc1ccn[nH]1)c1nccs1. The van der Waals surface area contributed by atoms with E-state index in [2.05, 4.69) is 27.4 Å². The lowest BCUT2D eigenvalue weighted by Crippen LogP contribution is -2.18. The van der Waals surface area contributed by atoms with E-state index in [0.717, 1.165) is 17.2 Å². The first kappa shape index (κ1) is 9.36. The van der Waals surface area contributed by atoms with E-state index in [1.165, 1.54) is 0 Å². The molecule has 0 radical (unpaired) electrons. The lowest BCUT2D eigenvalue weighted by Gasteiger charge is -2.09. The molecule has 1 atom stereocenters. The van der Waals surface area contributed by atoms with Crippen LogP contribution in [0.1, 0.15) is 23.7 Å². The van der Waals surface area contributed by atoms with Gasteiger partial charge in [-0.25, -0.2) is 4.98 Å². The van der Waals surface area contributed by atoms with Crippen molar-refractivity contribution in [3.63, 3.8) is 0 Å². The van der Waals surface area contributed by atoms with E-state index >= 15 is 0 Å². The Hall–Kier alpha value is -1.20. The van der Waals surface area contributed by atoms with Gasteiger partial charge in [0.25, 0.3) is 0 Å². The first-order chi connectivity index (χ1) is 6.86. The van der Waals surface area contributed by atoms with Gasteiger partial charge in [-0.2, -0.15) is 5.10 Å². The summed E-state index contributed by atoms with van der Waals surface area (Å²) in [7, 11) is 0. The maximum atomic E-state index is 4.25. The van der Waals surface area contributed by atoms with E-state index in [-0.39, 0.29) is 0 Å². The third-order valence-electron chi connectivity index (χ3n) is 1.98. The molecule has 14 heavy (non-hydrogen) atoms. The van der Waals surface area contributed by atoms with E-state index in [1.807, 2.05) is 17.6 Å². The predicted octanol–water partition coefficient (Wildman–Crippen LogP) is 1.72. The van der Waals surface area contributed by atoms with Crippen molar-refractivity contribution < 1.29 is 0 Å². The molecule has 0 saturated heterocycles. The fourth-order valence-electron chi connectivity index (χ4n) is 1.18. The Labute approximate surface area is 86.4 Å². The first-order valence-corrected chi connectivity index (χ1v) is 5.35. The molecule has 2 heterocycles. The van der Waals surface area contributed by atoms with Gasteiger partial charge in [0.15, 0.2) is 0 Å². The van der Waals surface area contributed by atoms with Gasteiger partial charge in [-0.1, -0.05) is 0 Å². The summed E-state index contributed by atoms with van der Waals surface area (Å²) in [6.45, 7) is 2.90. The number of rotatable bonds is 4. The van der Waals surface area contributed by atoms with Crippen molar-refractivity contribution in [1.29, 1.82) is 0 Å². The number of H-pyrrole nitrogens is 1. The normalized spacial score (nSPS) is 12.9. The van der Waals surface area contributed by atoms with Crippen LogP contribution < -0.4 is 5.32 Å². The van der Waals surface area contributed by atoms with Gasteiger partial charge in [-0.05, 0) is 13.0 Å². The third-order valence-corrected chi connectivity index (χ3v) is 2.94. The second kappa shape index (κ2) is 4.34. The van der Waals surface area contributed by atoms with Crippen LogP contribution in [0.4, 0.5) is 0 Å². The molecule has 0 spiro atoms. The molecule has 2 aromatic rings. The minimum absolute atomic E-state index is 0.290. The quantitative estimate of drug-likeness (QED) is 0.804. The third kappa shape index (κ3) is 2.18. The highest BCUT2D eigenvalue weighted by Gasteiger charge is 2.06. The molecule has 74 valence electrons. The molecule has 0 aliphatic heterocycles. The van der Waals surface area contributed by atoms with Crippen molar-refractivity contribution in [3.05, 3.63) is 34.5 Å². The minimum Gasteiger partial charge on any atom is -0.302 e. The van der Waals surface area contributed by atoms with E-state index in [0.29, 0.717) is 6.04 Å². The lowest BCUT2D eigenvalue weighted by molar-refractivity contribution is 0.564. The fraction of sp³-hybridized carbons (Fsp3) is 0.333.